The summed E-state index contributed by atoms with van der Waals surface area (Å²) in [6.45, 7) is 1.47. The number of hydrogen-bond acceptors (Lipinski definition) is 3. The molecule has 2 unspecified atom stereocenters. The number of epoxide rings is 1. The van der Waals surface area contributed by atoms with Gasteiger partial charge in [-0.15, -0.1) is 0 Å². The van der Waals surface area contributed by atoms with Gasteiger partial charge in [0.2, 0.25) is 0 Å². The highest BCUT2D eigenvalue weighted by atomic mass is 19.4. The van der Waals surface area contributed by atoms with Gasteiger partial charge in [-0.3, -0.25) is 0 Å². The van der Waals surface area contributed by atoms with Crippen LogP contribution in [0.25, 0.3) is 5.76 Å². The first-order chi connectivity index (χ1) is 10.1. The average molecular weight is 325 g/mol. The molecule has 0 aliphatic carbocycles. The van der Waals surface area contributed by atoms with Gasteiger partial charge in [0.15, 0.2) is 23.2 Å². The summed E-state index contributed by atoms with van der Waals surface area (Å²) < 4.78 is 83.3. The van der Waals surface area contributed by atoms with Crippen LogP contribution >= 0.6 is 0 Å². The van der Waals surface area contributed by atoms with E-state index in [9.17, 15) is 31.4 Å². The van der Waals surface area contributed by atoms with Gasteiger partial charge in [0, 0.05) is 18.2 Å². The van der Waals surface area contributed by atoms with Crippen LogP contribution in [0.1, 0.15) is 22.7 Å². The van der Waals surface area contributed by atoms with Crippen LogP contribution in [0.3, 0.4) is 0 Å². The standard InChI is InChI=1S/C13H9F6NO2/c1-3-5(4-2-20-4)8(15)6(9(16)7(3)14)10(21)11-12(22-11)13(17,18)19/h4,12,20-21H,2H2,1H3/b11-10+. The third-order valence-electron chi connectivity index (χ3n) is 3.55. The number of hydrogen-bond donors (Lipinski definition) is 2. The van der Waals surface area contributed by atoms with Gasteiger partial charge in [0.1, 0.15) is 5.82 Å². The summed E-state index contributed by atoms with van der Waals surface area (Å²) >= 11 is 0. The highest BCUT2D eigenvalue weighted by molar-refractivity contribution is 5.67. The van der Waals surface area contributed by atoms with Gasteiger partial charge in [0.05, 0.1) is 5.56 Å². The molecule has 1 aromatic rings. The number of rotatable bonds is 2. The number of halogens is 6. The largest absolute Gasteiger partial charge is 0.504 e. The summed E-state index contributed by atoms with van der Waals surface area (Å²) in [7, 11) is 0. The van der Waals surface area contributed by atoms with Crippen molar-refractivity contribution in [3.05, 3.63) is 39.9 Å². The van der Waals surface area contributed by atoms with E-state index in [2.05, 4.69) is 10.1 Å². The van der Waals surface area contributed by atoms with Gasteiger partial charge in [-0.1, -0.05) is 0 Å². The van der Waals surface area contributed by atoms with Gasteiger partial charge >= 0.3 is 6.18 Å². The number of nitrogens with one attached hydrogen (secondary N) is 1. The number of aliphatic hydroxyl groups excluding tert-OH is 1. The molecule has 0 spiro atoms. The molecule has 2 heterocycles. The highest BCUT2D eigenvalue weighted by Crippen LogP contribution is 2.46. The summed E-state index contributed by atoms with van der Waals surface area (Å²) in [5, 5.41) is 12.4. The lowest BCUT2D eigenvalue weighted by Crippen LogP contribution is -2.16. The lowest BCUT2D eigenvalue weighted by atomic mass is 9.98. The maximum Gasteiger partial charge on any atom is 0.432 e. The molecule has 0 aromatic heterocycles. The Kier molecular flexibility index (Phi) is 3.10. The molecule has 2 saturated heterocycles. The van der Waals surface area contributed by atoms with E-state index in [1.165, 1.54) is 0 Å². The molecule has 2 N–H and O–H groups in total. The van der Waals surface area contributed by atoms with Gasteiger partial charge in [0.25, 0.3) is 6.10 Å². The fourth-order valence-corrected chi connectivity index (χ4v) is 2.29. The Morgan fingerprint density at radius 3 is 2.23 bits per heavy atom. The predicted octanol–water partition coefficient (Wildman–Crippen LogP) is 3.24. The van der Waals surface area contributed by atoms with E-state index in [4.69, 9.17) is 0 Å². The molecule has 0 amide bonds. The van der Waals surface area contributed by atoms with Crippen LogP contribution in [0.15, 0.2) is 5.76 Å². The first-order valence-electron chi connectivity index (χ1n) is 6.21. The molecule has 2 fully saturated rings. The van der Waals surface area contributed by atoms with Crippen LogP contribution in [0.5, 0.6) is 0 Å². The molecule has 9 heteroatoms. The first kappa shape index (κ1) is 15.0. The van der Waals surface area contributed by atoms with Crippen LogP contribution in [-0.4, -0.2) is 23.9 Å². The normalized spacial score (nSPS) is 25.8. The lowest BCUT2D eigenvalue weighted by molar-refractivity contribution is -0.145. The Hall–Kier alpha value is -1.90. The highest BCUT2D eigenvalue weighted by Gasteiger charge is 2.58. The minimum absolute atomic E-state index is 0.217. The molecule has 0 saturated carbocycles. The maximum absolute atomic E-state index is 14.3. The molecule has 2 aliphatic heterocycles. The fraction of sp³-hybridized carbons (Fsp3) is 0.385. The van der Waals surface area contributed by atoms with E-state index in [1.54, 1.807) is 0 Å². The molecular formula is C13H9F6NO2. The number of aliphatic hydroxyl groups is 1. The zero-order valence-corrected chi connectivity index (χ0v) is 11.0. The third-order valence-corrected chi connectivity index (χ3v) is 3.55. The monoisotopic (exact) mass is 325 g/mol. The van der Waals surface area contributed by atoms with E-state index in [1.807, 2.05) is 0 Å². The van der Waals surface area contributed by atoms with Crippen molar-refractivity contribution in [3.8, 4) is 0 Å². The van der Waals surface area contributed by atoms with E-state index in [0.717, 1.165) is 6.92 Å². The van der Waals surface area contributed by atoms with Gasteiger partial charge in [-0.25, -0.2) is 13.2 Å². The summed E-state index contributed by atoms with van der Waals surface area (Å²) in [4.78, 5) is 0. The van der Waals surface area contributed by atoms with Crippen LogP contribution < -0.4 is 5.32 Å². The second-order valence-corrected chi connectivity index (χ2v) is 5.07. The molecule has 3 rings (SSSR count). The van der Waals surface area contributed by atoms with Crippen molar-refractivity contribution in [1.82, 2.24) is 5.32 Å². The smallest absolute Gasteiger partial charge is 0.432 e. The number of benzene rings is 1. The van der Waals surface area contributed by atoms with Crippen molar-refractivity contribution in [1.29, 1.82) is 0 Å². The topological polar surface area (TPSA) is 54.7 Å². The average Bonchev–Trinajstić information content (AvgIpc) is 3.25. The number of ether oxygens (including phenoxy) is 1. The van der Waals surface area contributed by atoms with Crippen molar-refractivity contribution in [2.75, 3.05) is 6.54 Å². The van der Waals surface area contributed by atoms with Crippen molar-refractivity contribution in [3.63, 3.8) is 0 Å². The molecule has 22 heavy (non-hydrogen) atoms. The Morgan fingerprint density at radius 2 is 1.77 bits per heavy atom. The molecule has 0 radical (unpaired) electrons. The first-order valence-corrected chi connectivity index (χ1v) is 6.21. The molecule has 120 valence electrons. The van der Waals surface area contributed by atoms with E-state index in [0.29, 0.717) is 6.54 Å². The van der Waals surface area contributed by atoms with E-state index >= 15 is 0 Å². The molecule has 3 nitrogen and oxygen atoms in total. The van der Waals surface area contributed by atoms with Crippen molar-refractivity contribution in [2.24, 2.45) is 0 Å². The lowest BCUT2D eigenvalue weighted by Gasteiger charge is -2.12. The minimum atomic E-state index is -4.82. The molecular weight excluding hydrogens is 316 g/mol. The van der Waals surface area contributed by atoms with E-state index in [-0.39, 0.29) is 11.1 Å². The second kappa shape index (κ2) is 4.55. The van der Waals surface area contributed by atoms with Crippen molar-refractivity contribution in [2.45, 2.75) is 25.2 Å². The molecule has 2 aliphatic rings. The minimum Gasteiger partial charge on any atom is -0.504 e. The third kappa shape index (κ3) is 2.20. The quantitative estimate of drug-likeness (QED) is 0.380. The number of alkyl halides is 3. The fourth-order valence-electron chi connectivity index (χ4n) is 2.29. The summed E-state index contributed by atoms with van der Waals surface area (Å²) in [6.07, 6.45) is -7.25. The van der Waals surface area contributed by atoms with Crippen LogP contribution in [0.4, 0.5) is 26.3 Å². The van der Waals surface area contributed by atoms with Gasteiger partial charge < -0.3 is 15.2 Å². The molecule has 0 bridgehead atoms. The van der Waals surface area contributed by atoms with Crippen LogP contribution in [0.2, 0.25) is 0 Å². The van der Waals surface area contributed by atoms with Crippen molar-refractivity contribution >= 4 is 5.76 Å². The summed E-state index contributed by atoms with van der Waals surface area (Å²) in [5.41, 5.74) is -1.76. The summed E-state index contributed by atoms with van der Waals surface area (Å²) in [6, 6.07) is -0.565. The van der Waals surface area contributed by atoms with Gasteiger partial charge in [-0.2, -0.15) is 13.2 Å². The summed E-state index contributed by atoms with van der Waals surface area (Å²) in [5.74, 6) is -6.87. The zero-order chi connectivity index (χ0) is 16.4. The van der Waals surface area contributed by atoms with Crippen molar-refractivity contribution < 1.29 is 36.2 Å². The molecule has 2 atom stereocenters. The molecule has 1 aromatic carbocycles. The Balaban J connectivity index is 2.14. The Labute approximate surface area is 120 Å². The van der Waals surface area contributed by atoms with E-state index < -0.39 is 52.9 Å². The Morgan fingerprint density at radius 1 is 1.18 bits per heavy atom. The zero-order valence-electron chi connectivity index (χ0n) is 11.0. The SMILES string of the molecule is Cc1c(F)c(F)c(/C(O)=C2\OC2C(F)(F)F)c(F)c1C1CN1. The maximum atomic E-state index is 14.3. The predicted molar refractivity (Wildman–Crippen MR) is 62.3 cm³/mol. The van der Waals surface area contributed by atoms with Gasteiger partial charge in [-0.05, 0) is 12.5 Å². The van der Waals surface area contributed by atoms with Crippen LogP contribution in [0, 0.1) is 24.4 Å². The Bertz CT molecular complexity index is 693. The second-order valence-electron chi connectivity index (χ2n) is 5.07. The van der Waals surface area contributed by atoms with Crippen LogP contribution in [-0.2, 0) is 4.74 Å².